The summed E-state index contributed by atoms with van der Waals surface area (Å²) in [7, 11) is 0. The largest absolute Gasteiger partial charge is 0.367 e. The van der Waals surface area contributed by atoms with Gasteiger partial charge in [0.15, 0.2) is 0 Å². The van der Waals surface area contributed by atoms with Gasteiger partial charge >= 0.3 is 0 Å². The van der Waals surface area contributed by atoms with Gasteiger partial charge in [0.2, 0.25) is 5.91 Å². The number of rotatable bonds is 6. The van der Waals surface area contributed by atoms with Crippen LogP contribution >= 0.6 is 0 Å². The van der Waals surface area contributed by atoms with Crippen LogP contribution in [0.25, 0.3) is 22.0 Å². The summed E-state index contributed by atoms with van der Waals surface area (Å²) >= 11 is 0. The van der Waals surface area contributed by atoms with Crippen molar-refractivity contribution in [2.75, 3.05) is 10.2 Å². The second-order valence-corrected chi connectivity index (χ2v) is 8.01. The molecule has 0 atom stereocenters. The number of benzene rings is 3. The predicted molar refractivity (Wildman–Crippen MR) is 125 cm³/mol. The van der Waals surface area contributed by atoms with Gasteiger partial charge in [-0.1, -0.05) is 42.5 Å². The van der Waals surface area contributed by atoms with Crippen LogP contribution in [-0.2, 0) is 11.3 Å². The van der Waals surface area contributed by atoms with Crippen molar-refractivity contribution >= 4 is 28.3 Å². The van der Waals surface area contributed by atoms with Gasteiger partial charge in [-0.25, -0.2) is 9.97 Å². The number of hydrogen-bond acceptors (Lipinski definition) is 4. The number of fused-ring (bicyclic) bond motifs is 1. The zero-order chi connectivity index (χ0) is 21.2. The van der Waals surface area contributed by atoms with Crippen LogP contribution in [0.1, 0.15) is 25.3 Å². The van der Waals surface area contributed by atoms with E-state index in [-0.39, 0.29) is 5.91 Å². The van der Waals surface area contributed by atoms with Crippen LogP contribution < -0.4 is 10.2 Å². The number of nitrogens with zero attached hydrogens (tertiary/aromatic N) is 3. The van der Waals surface area contributed by atoms with Crippen LogP contribution in [0.15, 0.2) is 79.1 Å². The molecule has 1 aliphatic rings. The molecular formula is C26H24N4O. The fourth-order valence-electron chi connectivity index (χ4n) is 3.80. The van der Waals surface area contributed by atoms with E-state index in [2.05, 4.69) is 45.6 Å². The zero-order valence-corrected chi connectivity index (χ0v) is 17.5. The number of carbonyl (C=O) groups is 1. The maximum atomic E-state index is 12.3. The first-order valence-corrected chi connectivity index (χ1v) is 10.6. The Morgan fingerprint density at radius 3 is 2.55 bits per heavy atom. The Labute approximate surface area is 181 Å². The van der Waals surface area contributed by atoms with Crippen molar-refractivity contribution in [3.8, 4) is 11.1 Å². The molecule has 4 aromatic rings. The third-order valence-electron chi connectivity index (χ3n) is 5.60. The molecule has 0 radical (unpaired) electrons. The van der Waals surface area contributed by atoms with Gasteiger partial charge in [0.25, 0.3) is 0 Å². The van der Waals surface area contributed by atoms with Crippen molar-refractivity contribution in [1.82, 2.24) is 9.97 Å². The second kappa shape index (κ2) is 8.19. The normalized spacial score (nSPS) is 13.2. The Hall–Kier alpha value is -3.73. The van der Waals surface area contributed by atoms with Crippen molar-refractivity contribution in [2.45, 2.75) is 32.4 Å². The molecule has 5 nitrogen and oxygen atoms in total. The maximum Gasteiger partial charge on any atom is 0.224 e. The van der Waals surface area contributed by atoms with E-state index < -0.39 is 0 Å². The Kier molecular flexibility index (Phi) is 5.08. The monoisotopic (exact) mass is 408 g/mol. The fraction of sp³-hybridized carbons (Fsp3) is 0.192. The molecule has 1 fully saturated rings. The molecular weight excluding hydrogens is 384 g/mol. The van der Waals surface area contributed by atoms with E-state index in [9.17, 15) is 4.79 Å². The van der Waals surface area contributed by atoms with Crippen molar-refractivity contribution in [2.24, 2.45) is 0 Å². The van der Waals surface area contributed by atoms with Crippen molar-refractivity contribution < 1.29 is 4.79 Å². The van der Waals surface area contributed by atoms with Crippen LogP contribution in [-0.4, -0.2) is 21.9 Å². The molecule has 1 saturated carbocycles. The minimum Gasteiger partial charge on any atom is -0.367 e. The van der Waals surface area contributed by atoms with Gasteiger partial charge in [0.05, 0.1) is 12.1 Å². The lowest BCUT2D eigenvalue weighted by atomic mass is 10.0. The SMILES string of the molecule is CC(=O)N(Cc1cccc(-c2ccc3ncnc(NC4CC4)c3c2)c1)c1ccccc1. The van der Waals surface area contributed by atoms with Gasteiger partial charge in [-0.2, -0.15) is 0 Å². The summed E-state index contributed by atoms with van der Waals surface area (Å²) in [6, 6.07) is 25.0. The fourth-order valence-corrected chi connectivity index (χ4v) is 3.80. The quantitative estimate of drug-likeness (QED) is 0.463. The van der Waals surface area contributed by atoms with Gasteiger partial charge in [-0.05, 0) is 59.9 Å². The first kappa shape index (κ1) is 19.2. The molecule has 1 N–H and O–H groups in total. The number of para-hydroxylation sites is 1. The van der Waals surface area contributed by atoms with E-state index in [1.165, 1.54) is 12.8 Å². The van der Waals surface area contributed by atoms with Gasteiger partial charge in [-0.3, -0.25) is 4.79 Å². The summed E-state index contributed by atoms with van der Waals surface area (Å²) < 4.78 is 0. The van der Waals surface area contributed by atoms with Crippen LogP contribution in [0.4, 0.5) is 11.5 Å². The van der Waals surface area contributed by atoms with Gasteiger partial charge in [0.1, 0.15) is 12.1 Å². The van der Waals surface area contributed by atoms with E-state index in [0.717, 1.165) is 39.1 Å². The molecule has 0 bridgehead atoms. The van der Waals surface area contributed by atoms with Gasteiger partial charge in [0, 0.05) is 24.0 Å². The molecule has 1 aromatic heterocycles. The maximum absolute atomic E-state index is 12.3. The van der Waals surface area contributed by atoms with E-state index in [1.807, 2.05) is 42.5 Å². The van der Waals surface area contributed by atoms with E-state index >= 15 is 0 Å². The van der Waals surface area contributed by atoms with Gasteiger partial charge in [-0.15, -0.1) is 0 Å². The molecule has 1 amide bonds. The molecule has 1 aliphatic carbocycles. The van der Waals surface area contributed by atoms with Crippen LogP contribution in [0, 0.1) is 0 Å². The highest BCUT2D eigenvalue weighted by molar-refractivity contribution is 5.93. The third-order valence-corrected chi connectivity index (χ3v) is 5.60. The average molecular weight is 409 g/mol. The van der Waals surface area contributed by atoms with Crippen LogP contribution in [0.5, 0.6) is 0 Å². The Balaban J connectivity index is 1.47. The molecule has 1 heterocycles. The molecule has 0 spiro atoms. The molecule has 31 heavy (non-hydrogen) atoms. The minimum atomic E-state index is 0.0234. The first-order valence-electron chi connectivity index (χ1n) is 10.6. The topological polar surface area (TPSA) is 58.1 Å². The third kappa shape index (κ3) is 4.26. The summed E-state index contributed by atoms with van der Waals surface area (Å²) in [5, 5.41) is 4.54. The summed E-state index contributed by atoms with van der Waals surface area (Å²) in [5.74, 6) is 0.924. The number of nitrogens with one attached hydrogen (secondary N) is 1. The smallest absolute Gasteiger partial charge is 0.224 e. The predicted octanol–water partition coefficient (Wildman–Crippen LogP) is 5.42. The van der Waals surface area contributed by atoms with Crippen LogP contribution in [0.3, 0.4) is 0 Å². The Morgan fingerprint density at radius 2 is 1.77 bits per heavy atom. The summed E-state index contributed by atoms with van der Waals surface area (Å²) in [6.07, 6.45) is 4.01. The minimum absolute atomic E-state index is 0.0234. The molecule has 154 valence electrons. The molecule has 0 aliphatic heterocycles. The van der Waals surface area contributed by atoms with E-state index in [1.54, 1.807) is 18.2 Å². The Morgan fingerprint density at radius 1 is 0.968 bits per heavy atom. The number of aromatic nitrogens is 2. The zero-order valence-electron chi connectivity index (χ0n) is 17.5. The lowest BCUT2D eigenvalue weighted by Crippen LogP contribution is -2.27. The summed E-state index contributed by atoms with van der Waals surface area (Å²) in [6.45, 7) is 2.13. The molecule has 5 heteroatoms. The number of anilines is 2. The van der Waals surface area contributed by atoms with E-state index in [0.29, 0.717) is 12.6 Å². The highest BCUT2D eigenvalue weighted by Crippen LogP contribution is 2.31. The summed E-state index contributed by atoms with van der Waals surface area (Å²) in [4.78, 5) is 23.0. The molecule has 3 aromatic carbocycles. The van der Waals surface area contributed by atoms with Crippen molar-refractivity contribution in [3.63, 3.8) is 0 Å². The standard InChI is InChI=1S/C26H24N4O/c1-18(31)30(23-8-3-2-4-9-23)16-19-6-5-7-20(14-19)21-10-13-25-24(15-21)26(28-17-27-25)29-22-11-12-22/h2-10,13-15,17,22H,11-12,16H2,1H3,(H,27,28,29). The number of amides is 1. The van der Waals surface area contributed by atoms with E-state index in [4.69, 9.17) is 0 Å². The summed E-state index contributed by atoms with van der Waals surface area (Å²) in [5.41, 5.74) is 5.13. The lowest BCUT2D eigenvalue weighted by Gasteiger charge is -2.21. The number of carbonyl (C=O) groups excluding carboxylic acids is 1. The number of hydrogen-bond donors (Lipinski definition) is 1. The highest BCUT2D eigenvalue weighted by atomic mass is 16.2. The average Bonchev–Trinajstić information content (AvgIpc) is 3.62. The first-order chi connectivity index (χ1) is 15.2. The second-order valence-electron chi connectivity index (χ2n) is 8.01. The van der Waals surface area contributed by atoms with Crippen molar-refractivity contribution in [3.05, 3.63) is 84.7 Å². The van der Waals surface area contributed by atoms with Gasteiger partial charge < -0.3 is 10.2 Å². The molecule has 5 rings (SSSR count). The highest BCUT2D eigenvalue weighted by Gasteiger charge is 2.22. The van der Waals surface area contributed by atoms with Crippen molar-refractivity contribution in [1.29, 1.82) is 0 Å². The molecule has 0 saturated heterocycles. The Bertz CT molecular complexity index is 1230. The lowest BCUT2D eigenvalue weighted by molar-refractivity contribution is -0.116. The van der Waals surface area contributed by atoms with Crippen LogP contribution in [0.2, 0.25) is 0 Å². The molecule has 0 unspecified atom stereocenters.